The zero-order valence-corrected chi connectivity index (χ0v) is 45.6. The van der Waals surface area contributed by atoms with E-state index in [1.54, 1.807) is 0 Å². The van der Waals surface area contributed by atoms with Crippen molar-refractivity contribution in [2.24, 2.45) is 0 Å². The second kappa shape index (κ2) is 16.4. The highest BCUT2D eigenvalue weighted by atomic mass is 15.2. The summed E-state index contributed by atoms with van der Waals surface area (Å²) in [6.45, 7) is 31.4. The average Bonchev–Trinajstić information content (AvgIpc) is 3.54. The summed E-state index contributed by atoms with van der Waals surface area (Å²) in [4.78, 5) is 7.84. The van der Waals surface area contributed by atoms with Gasteiger partial charge in [-0.25, -0.2) is 0 Å². The molecule has 2 aliphatic carbocycles. The molecule has 0 saturated carbocycles. The first kappa shape index (κ1) is 47.2. The van der Waals surface area contributed by atoms with Gasteiger partial charge in [0.2, 0.25) is 0 Å². The Bertz CT molecular complexity index is 3460. The van der Waals surface area contributed by atoms with Crippen LogP contribution in [0, 0.1) is 13.8 Å². The van der Waals surface area contributed by atoms with Crippen molar-refractivity contribution in [2.75, 3.05) is 14.7 Å². The normalized spacial score (nSPS) is 17.3. The van der Waals surface area contributed by atoms with E-state index in [0.717, 1.165) is 29.9 Å². The monoisotopic (exact) mass is 954 g/mol. The Kier molecular flexibility index (Phi) is 10.6. The van der Waals surface area contributed by atoms with Gasteiger partial charge in [-0.2, -0.15) is 0 Å². The van der Waals surface area contributed by atoms with Crippen LogP contribution < -0.4 is 31.1 Å². The molecular formula is C69H72BN3. The standard InChI is InChI=1S/C69H72BN3/c1-44-35-48(65(3,4)5)30-32-58(44)72-59-31-29-47(46-23-17-14-18-24-46)37-56(59)70-57-40-53-55(69(12,13)43-68(53,10)11)42-61(57)73(60-41-54-52(36-45(60)2)66(6,7)33-34-67(54,8)9)63-39-51(38-62(72)64(63)70)71(49-25-19-15-20-26-49)50-27-21-16-22-28-50/h14-32,35-42H,33-34,43H2,1-13H3. The SMILES string of the molecule is Cc1cc(C(C)(C)C)ccc1N1c2ccc(-c3ccccc3)cc2B2c3cc4c(cc3N(c3cc5c(cc3C)C(C)(C)CCC5(C)C)c3cc(N(c5ccccc5)c5ccccc5)cc1c32)C(C)(C)CC4(C)C. The van der Waals surface area contributed by atoms with Crippen molar-refractivity contribution in [3.63, 3.8) is 0 Å². The lowest BCUT2D eigenvalue weighted by atomic mass is 9.33. The molecule has 12 rings (SSSR count). The van der Waals surface area contributed by atoms with Gasteiger partial charge >= 0.3 is 0 Å². The zero-order valence-electron chi connectivity index (χ0n) is 45.6. The van der Waals surface area contributed by atoms with E-state index < -0.39 is 0 Å². The Hall–Kier alpha value is -6.78. The Balaban J connectivity index is 1.25. The maximum Gasteiger partial charge on any atom is 0.252 e. The van der Waals surface area contributed by atoms with Gasteiger partial charge in [0.1, 0.15) is 0 Å². The summed E-state index contributed by atoms with van der Waals surface area (Å²) < 4.78 is 0. The van der Waals surface area contributed by atoms with Crippen molar-refractivity contribution in [2.45, 2.75) is 136 Å². The van der Waals surface area contributed by atoms with Crippen molar-refractivity contribution in [3.8, 4) is 11.1 Å². The molecule has 0 saturated heterocycles. The number of nitrogens with zero attached hydrogens (tertiary/aromatic N) is 3. The van der Waals surface area contributed by atoms with E-state index in [1.807, 2.05) is 0 Å². The number of anilines is 9. The molecule has 0 fully saturated rings. The number of rotatable bonds is 6. The van der Waals surface area contributed by atoms with Crippen LogP contribution in [0.1, 0.15) is 134 Å². The van der Waals surface area contributed by atoms with Crippen LogP contribution >= 0.6 is 0 Å². The smallest absolute Gasteiger partial charge is 0.252 e. The molecule has 73 heavy (non-hydrogen) atoms. The summed E-state index contributed by atoms with van der Waals surface area (Å²) in [6.07, 6.45) is 3.43. The summed E-state index contributed by atoms with van der Waals surface area (Å²) in [7, 11) is 0. The molecule has 366 valence electrons. The minimum atomic E-state index is -0.0469. The second-order valence-electron chi connectivity index (χ2n) is 25.8. The van der Waals surface area contributed by atoms with Gasteiger partial charge in [0.05, 0.1) is 5.69 Å². The number of benzene rings is 8. The molecule has 0 aromatic heterocycles. The molecule has 0 bridgehead atoms. The van der Waals surface area contributed by atoms with Crippen LogP contribution in [0.4, 0.5) is 51.2 Å². The highest BCUT2D eigenvalue weighted by molar-refractivity contribution is 7.00. The molecule has 2 aliphatic heterocycles. The quantitative estimate of drug-likeness (QED) is 0.154. The molecule has 3 nitrogen and oxygen atoms in total. The van der Waals surface area contributed by atoms with Crippen LogP contribution in [0.15, 0.2) is 164 Å². The molecule has 4 heteroatoms. The summed E-state index contributed by atoms with van der Waals surface area (Å²) in [5, 5.41) is 0. The molecule has 0 unspecified atom stereocenters. The lowest BCUT2D eigenvalue weighted by Crippen LogP contribution is -2.61. The predicted octanol–water partition coefficient (Wildman–Crippen LogP) is 17.1. The molecule has 4 aliphatic rings. The minimum Gasteiger partial charge on any atom is -0.311 e. The lowest BCUT2D eigenvalue weighted by molar-refractivity contribution is 0.332. The molecule has 0 spiro atoms. The first-order chi connectivity index (χ1) is 34.6. The van der Waals surface area contributed by atoms with Gasteiger partial charge in [0.25, 0.3) is 6.71 Å². The molecule has 0 radical (unpaired) electrons. The van der Waals surface area contributed by atoms with E-state index >= 15 is 0 Å². The Labute approximate surface area is 437 Å². The Morgan fingerprint density at radius 1 is 0.411 bits per heavy atom. The van der Waals surface area contributed by atoms with Gasteiger partial charge in [0, 0.05) is 45.5 Å². The molecule has 8 aromatic rings. The third-order valence-corrected chi connectivity index (χ3v) is 17.6. The lowest BCUT2D eigenvalue weighted by Gasteiger charge is -2.47. The second-order valence-corrected chi connectivity index (χ2v) is 25.8. The van der Waals surface area contributed by atoms with Gasteiger partial charge in [-0.3, -0.25) is 0 Å². The van der Waals surface area contributed by atoms with Crippen molar-refractivity contribution in [1.29, 1.82) is 0 Å². The fourth-order valence-corrected chi connectivity index (χ4v) is 13.8. The molecule has 0 atom stereocenters. The summed E-state index contributed by atoms with van der Waals surface area (Å²) in [6, 6.07) is 63.1. The van der Waals surface area contributed by atoms with E-state index in [9.17, 15) is 0 Å². The van der Waals surface area contributed by atoms with E-state index in [4.69, 9.17) is 0 Å². The first-order valence-corrected chi connectivity index (χ1v) is 27.0. The number of aryl methyl sites for hydroxylation is 2. The topological polar surface area (TPSA) is 9.72 Å². The van der Waals surface area contributed by atoms with Crippen LogP contribution in [0.3, 0.4) is 0 Å². The summed E-state index contributed by atoms with van der Waals surface area (Å²) >= 11 is 0. The minimum absolute atomic E-state index is 0.000354. The van der Waals surface area contributed by atoms with Gasteiger partial charge < -0.3 is 14.7 Å². The molecular weight excluding hydrogens is 882 g/mol. The Morgan fingerprint density at radius 2 is 0.890 bits per heavy atom. The van der Waals surface area contributed by atoms with Crippen molar-refractivity contribution >= 4 is 74.3 Å². The van der Waals surface area contributed by atoms with E-state index in [2.05, 4.69) is 269 Å². The zero-order chi connectivity index (χ0) is 51.1. The highest BCUT2D eigenvalue weighted by Gasteiger charge is 2.49. The van der Waals surface area contributed by atoms with Crippen molar-refractivity contribution < 1.29 is 0 Å². The predicted molar refractivity (Wildman–Crippen MR) is 315 cm³/mol. The van der Waals surface area contributed by atoms with Crippen LogP contribution in [0.5, 0.6) is 0 Å². The Morgan fingerprint density at radius 3 is 1.47 bits per heavy atom. The van der Waals surface area contributed by atoms with Gasteiger partial charge in [-0.15, -0.1) is 0 Å². The van der Waals surface area contributed by atoms with Crippen LogP contribution in [0.2, 0.25) is 0 Å². The van der Waals surface area contributed by atoms with E-state index in [1.165, 1.54) is 107 Å². The van der Waals surface area contributed by atoms with Crippen LogP contribution in [0.25, 0.3) is 11.1 Å². The maximum absolute atomic E-state index is 2.73. The maximum atomic E-state index is 2.73. The highest BCUT2D eigenvalue weighted by Crippen LogP contribution is 2.56. The van der Waals surface area contributed by atoms with Crippen molar-refractivity contribution in [1.82, 2.24) is 0 Å². The molecule has 0 amide bonds. The third-order valence-electron chi connectivity index (χ3n) is 17.6. The van der Waals surface area contributed by atoms with E-state index in [0.29, 0.717) is 0 Å². The fourth-order valence-electron chi connectivity index (χ4n) is 13.8. The van der Waals surface area contributed by atoms with Crippen molar-refractivity contribution in [3.05, 3.63) is 203 Å². The van der Waals surface area contributed by atoms with Crippen LogP contribution in [-0.4, -0.2) is 6.71 Å². The number of fused-ring (bicyclic) bond motifs is 6. The summed E-state index contributed by atoms with van der Waals surface area (Å²) in [5.74, 6) is 0. The van der Waals surface area contributed by atoms with Gasteiger partial charge in [0.15, 0.2) is 0 Å². The average molecular weight is 954 g/mol. The van der Waals surface area contributed by atoms with Gasteiger partial charge in [-0.1, -0.05) is 179 Å². The number of hydrogen-bond donors (Lipinski definition) is 0. The summed E-state index contributed by atoms with van der Waals surface area (Å²) in [5.41, 5.74) is 27.3. The van der Waals surface area contributed by atoms with E-state index in [-0.39, 0.29) is 33.8 Å². The fraction of sp³-hybridized carbons (Fsp3) is 0.304. The molecule has 8 aromatic carbocycles. The third kappa shape index (κ3) is 7.52. The first-order valence-electron chi connectivity index (χ1n) is 27.0. The van der Waals surface area contributed by atoms with Gasteiger partial charge in [-0.05, 0) is 187 Å². The number of para-hydroxylation sites is 2. The molecule has 0 N–H and O–H groups in total. The van der Waals surface area contributed by atoms with Crippen LogP contribution in [-0.2, 0) is 27.1 Å². The largest absolute Gasteiger partial charge is 0.311 e. The number of hydrogen-bond acceptors (Lipinski definition) is 3. The molecule has 2 heterocycles.